The molecule has 1 saturated heterocycles. The van der Waals surface area contributed by atoms with Crippen molar-refractivity contribution in [2.45, 2.75) is 29.1 Å². The van der Waals surface area contributed by atoms with Crippen LogP contribution in [0.4, 0.5) is 5.69 Å². The molecule has 2 aromatic carbocycles. The van der Waals surface area contributed by atoms with Crippen LogP contribution in [0.5, 0.6) is 0 Å². The van der Waals surface area contributed by atoms with Crippen molar-refractivity contribution in [3.8, 4) is 0 Å². The molecule has 130 valence electrons. The maximum atomic E-state index is 12.0. The first-order chi connectivity index (χ1) is 12.1. The summed E-state index contributed by atoms with van der Waals surface area (Å²) in [4.78, 5) is 27.6. The van der Waals surface area contributed by atoms with Crippen LogP contribution >= 0.6 is 27.7 Å². The van der Waals surface area contributed by atoms with Crippen molar-refractivity contribution in [3.63, 3.8) is 0 Å². The van der Waals surface area contributed by atoms with Crippen LogP contribution in [0.3, 0.4) is 0 Å². The van der Waals surface area contributed by atoms with Crippen molar-refractivity contribution in [3.05, 3.63) is 53.0 Å². The van der Waals surface area contributed by atoms with E-state index in [2.05, 4.69) is 33.4 Å². The van der Waals surface area contributed by atoms with E-state index in [1.54, 1.807) is 16.7 Å². The number of hydrogen-bond donors (Lipinski definition) is 1. The molecule has 0 aromatic heterocycles. The summed E-state index contributed by atoms with van der Waals surface area (Å²) < 4.78 is 1.06. The van der Waals surface area contributed by atoms with Crippen LogP contribution in [0.15, 0.2) is 62.8 Å². The largest absolute Gasteiger partial charge is 0.342 e. The number of benzene rings is 2. The van der Waals surface area contributed by atoms with Gasteiger partial charge < -0.3 is 10.2 Å². The topological polar surface area (TPSA) is 49.4 Å². The van der Waals surface area contributed by atoms with Crippen LogP contribution in [-0.2, 0) is 9.59 Å². The number of likely N-dealkylation sites (tertiary alicyclic amines) is 1. The van der Waals surface area contributed by atoms with E-state index >= 15 is 0 Å². The van der Waals surface area contributed by atoms with Crippen molar-refractivity contribution in [2.75, 3.05) is 18.4 Å². The lowest BCUT2D eigenvalue weighted by atomic mass is 10.3. The molecule has 4 nitrogen and oxygen atoms in total. The normalized spacial score (nSPS) is 14.0. The van der Waals surface area contributed by atoms with Crippen LogP contribution in [0.25, 0.3) is 0 Å². The van der Waals surface area contributed by atoms with E-state index in [0.29, 0.717) is 19.4 Å². The standard InChI is InChI=1S/C19H19BrN2O2S/c20-14-3-7-16(8-4-14)25-17-9-5-15(6-10-17)21-18(23)11-13-22-12-1-2-19(22)24/h3-10H,1-2,11-13H2,(H,21,23). The Bertz CT molecular complexity index is 747. The van der Waals surface area contributed by atoms with Gasteiger partial charge in [0, 0.05) is 45.9 Å². The Balaban J connectivity index is 1.49. The van der Waals surface area contributed by atoms with E-state index in [4.69, 9.17) is 0 Å². The Labute approximate surface area is 160 Å². The number of halogens is 1. The molecular weight excluding hydrogens is 400 g/mol. The number of rotatable bonds is 6. The molecule has 1 fully saturated rings. The molecule has 0 saturated carbocycles. The number of nitrogens with one attached hydrogen (secondary N) is 1. The van der Waals surface area contributed by atoms with Gasteiger partial charge in [0.05, 0.1) is 0 Å². The molecule has 1 aliphatic rings. The molecule has 0 bridgehead atoms. The molecule has 0 atom stereocenters. The van der Waals surface area contributed by atoms with Gasteiger partial charge in [-0.25, -0.2) is 0 Å². The minimum atomic E-state index is -0.0620. The number of hydrogen-bond acceptors (Lipinski definition) is 3. The van der Waals surface area contributed by atoms with Crippen molar-refractivity contribution in [2.24, 2.45) is 0 Å². The van der Waals surface area contributed by atoms with Crippen molar-refractivity contribution < 1.29 is 9.59 Å². The fraction of sp³-hybridized carbons (Fsp3) is 0.263. The van der Waals surface area contributed by atoms with Crippen LogP contribution in [0, 0.1) is 0 Å². The first kappa shape index (κ1) is 18.0. The highest BCUT2D eigenvalue weighted by Gasteiger charge is 2.20. The summed E-state index contributed by atoms with van der Waals surface area (Å²) in [5.41, 5.74) is 0.776. The predicted octanol–water partition coefficient (Wildman–Crippen LogP) is 4.55. The van der Waals surface area contributed by atoms with Gasteiger partial charge >= 0.3 is 0 Å². The molecule has 1 N–H and O–H groups in total. The second-order valence-electron chi connectivity index (χ2n) is 5.86. The maximum Gasteiger partial charge on any atom is 0.226 e. The summed E-state index contributed by atoms with van der Waals surface area (Å²) >= 11 is 5.10. The Kier molecular flexibility index (Phi) is 6.15. The molecule has 0 unspecified atom stereocenters. The third-order valence-corrected chi connectivity index (χ3v) is 5.51. The summed E-state index contributed by atoms with van der Waals surface area (Å²) in [6.07, 6.45) is 1.85. The third kappa shape index (κ3) is 5.34. The molecule has 0 radical (unpaired) electrons. The Morgan fingerprint density at radius 1 is 1.08 bits per heavy atom. The fourth-order valence-corrected chi connectivity index (χ4v) is 3.73. The Hall–Kier alpha value is -1.79. The molecular formula is C19H19BrN2O2S. The maximum absolute atomic E-state index is 12.0. The lowest BCUT2D eigenvalue weighted by Crippen LogP contribution is -2.28. The smallest absolute Gasteiger partial charge is 0.226 e. The van der Waals surface area contributed by atoms with Crippen LogP contribution < -0.4 is 5.32 Å². The minimum absolute atomic E-state index is 0.0620. The Morgan fingerprint density at radius 2 is 1.72 bits per heavy atom. The number of nitrogens with zero attached hydrogens (tertiary/aromatic N) is 1. The van der Waals surface area contributed by atoms with E-state index in [-0.39, 0.29) is 11.8 Å². The first-order valence-electron chi connectivity index (χ1n) is 8.21. The SMILES string of the molecule is O=C(CCN1CCCC1=O)Nc1ccc(Sc2ccc(Br)cc2)cc1. The molecule has 25 heavy (non-hydrogen) atoms. The summed E-state index contributed by atoms with van der Waals surface area (Å²) in [6, 6.07) is 15.9. The van der Waals surface area contributed by atoms with E-state index in [1.807, 2.05) is 36.4 Å². The number of anilines is 1. The van der Waals surface area contributed by atoms with Gasteiger partial charge in [0.25, 0.3) is 0 Å². The first-order valence-corrected chi connectivity index (χ1v) is 9.82. The highest BCUT2D eigenvalue weighted by atomic mass is 79.9. The van der Waals surface area contributed by atoms with Gasteiger partial charge in [-0.15, -0.1) is 0 Å². The highest BCUT2D eigenvalue weighted by Crippen LogP contribution is 2.29. The van der Waals surface area contributed by atoms with Crippen LogP contribution in [0.2, 0.25) is 0 Å². The zero-order valence-corrected chi connectivity index (χ0v) is 16.1. The summed E-state index contributed by atoms with van der Waals surface area (Å²) in [5.74, 6) is 0.0927. The second-order valence-corrected chi connectivity index (χ2v) is 7.93. The molecule has 2 amide bonds. The lowest BCUT2D eigenvalue weighted by Gasteiger charge is -2.15. The fourth-order valence-electron chi connectivity index (χ4n) is 2.65. The third-order valence-electron chi connectivity index (χ3n) is 3.97. The van der Waals surface area contributed by atoms with E-state index in [0.717, 1.165) is 32.9 Å². The number of carbonyl (C=O) groups excluding carboxylic acids is 2. The molecule has 6 heteroatoms. The zero-order chi connectivity index (χ0) is 17.6. The molecule has 0 aliphatic carbocycles. The van der Waals surface area contributed by atoms with Gasteiger partial charge in [-0.2, -0.15) is 0 Å². The summed E-state index contributed by atoms with van der Waals surface area (Å²) in [7, 11) is 0. The zero-order valence-electron chi connectivity index (χ0n) is 13.7. The molecule has 3 rings (SSSR count). The van der Waals surface area contributed by atoms with Crippen molar-refractivity contribution >= 4 is 45.2 Å². The monoisotopic (exact) mass is 418 g/mol. The number of carbonyl (C=O) groups is 2. The lowest BCUT2D eigenvalue weighted by molar-refractivity contribution is -0.128. The number of amides is 2. The summed E-state index contributed by atoms with van der Waals surface area (Å²) in [6.45, 7) is 1.27. The Morgan fingerprint density at radius 3 is 2.32 bits per heavy atom. The van der Waals surface area contributed by atoms with Crippen molar-refractivity contribution in [1.82, 2.24) is 4.90 Å². The average Bonchev–Trinajstić information content (AvgIpc) is 3.02. The van der Waals surface area contributed by atoms with Gasteiger partial charge in [-0.3, -0.25) is 9.59 Å². The van der Waals surface area contributed by atoms with Crippen LogP contribution in [0.1, 0.15) is 19.3 Å². The van der Waals surface area contributed by atoms with Gasteiger partial charge in [0.1, 0.15) is 0 Å². The molecule has 2 aromatic rings. The van der Waals surface area contributed by atoms with Gasteiger partial charge in [-0.1, -0.05) is 27.7 Å². The van der Waals surface area contributed by atoms with Gasteiger partial charge in [-0.05, 0) is 55.0 Å². The van der Waals surface area contributed by atoms with E-state index in [1.165, 1.54) is 0 Å². The quantitative estimate of drug-likeness (QED) is 0.748. The second kappa shape index (κ2) is 8.54. The summed E-state index contributed by atoms with van der Waals surface area (Å²) in [5, 5.41) is 2.89. The van der Waals surface area contributed by atoms with E-state index in [9.17, 15) is 9.59 Å². The van der Waals surface area contributed by atoms with Crippen LogP contribution in [-0.4, -0.2) is 29.8 Å². The molecule has 1 aliphatic heterocycles. The minimum Gasteiger partial charge on any atom is -0.342 e. The average molecular weight is 419 g/mol. The predicted molar refractivity (Wildman–Crippen MR) is 104 cm³/mol. The van der Waals surface area contributed by atoms with E-state index < -0.39 is 0 Å². The van der Waals surface area contributed by atoms with Gasteiger partial charge in [0.15, 0.2) is 0 Å². The highest BCUT2D eigenvalue weighted by molar-refractivity contribution is 9.10. The van der Waals surface area contributed by atoms with Gasteiger partial charge in [0.2, 0.25) is 11.8 Å². The molecule has 1 heterocycles. The van der Waals surface area contributed by atoms with Crippen molar-refractivity contribution in [1.29, 1.82) is 0 Å². The molecule has 0 spiro atoms.